The summed E-state index contributed by atoms with van der Waals surface area (Å²) in [7, 11) is 0. The zero-order chi connectivity index (χ0) is 13.9. The molecule has 0 aromatic heterocycles. The summed E-state index contributed by atoms with van der Waals surface area (Å²) in [6.07, 6.45) is 2.23. The number of carbonyl (C=O) groups excluding carboxylic acids is 1. The first-order chi connectivity index (χ1) is 8.95. The lowest BCUT2D eigenvalue weighted by atomic mass is 10.1. The van der Waals surface area contributed by atoms with Crippen LogP contribution in [0.3, 0.4) is 0 Å². The molecule has 0 N–H and O–H groups in total. The van der Waals surface area contributed by atoms with Crippen molar-refractivity contribution >= 4 is 12.0 Å². The Kier molecular flexibility index (Phi) is 3.74. The van der Waals surface area contributed by atoms with E-state index in [-0.39, 0.29) is 6.10 Å². The quantitative estimate of drug-likeness (QED) is 0.766. The summed E-state index contributed by atoms with van der Waals surface area (Å²) in [6, 6.07) is 4.79. The van der Waals surface area contributed by atoms with Crippen LogP contribution in [-0.4, -0.2) is 12.1 Å². The highest BCUT2D eigenvalue weighted by atomic mass is 19.4. The molecule has 0 amide bonds. The number of esters is 1. The molecular weight excluding hydrogens is 257 g/mol. The molecule has 0 saturated heterocycles. The first-order valence-corrected chi connectivity index (χ1v) is 5.68. The van der Waals surface area contributed by atoms with Gasteiger partial charge in [-0.05, 0) is 23.8 Å². The van der Waals surface area contributed by atoms with Gasteiger partial charge in [-0.2, -0.15) is 13.2 Å². The van der Waals surface area contributed by atoms with E-state index in [0.717, 1.165) is 12.1 Å². The highest BCUT2D eigenvalue weighted by molar-refractivity contribution is 5.83. The van der Waals surface area contributed by atoms with Crippen LogP contribution in [0.4, 0.5) is 13.2 Å². The van der Waals surface area contributed by atoms with Gasteiger partial charge >= 0.3 is 12.1 Å². The second-order valence-corrected chi connectivity index (χ2v) is 4.09. The third-order valence-electron chi connectivity index (χ3n) is 2.63. The Balaban J connectivity index is 2.03. The molecule has 2 rings (SSSR count). The van der Waals surface area contributed by atoms with E-state index in [4.69, 9.17) is 4.74 Å². The zero-order valence-corrected chi connectivity index (χ0v) is 9.85. The smallest absolute Gasteiger partial charge is 0.416 e. The van der Waals surface area contributed by atoms with E-state index in [0.29, 0.717) is 12.0 Å². The third-order valence-corrected chi connectivity index (χ3v) is 2.63. The van der Waals surface area contributed by atoms with Crippen molar-refractivity contribution < 1.29 is 22.7 Å². The Morgan fingerprint density at radius 2 is 1.89 bits per heavy atom. The maximum Gasteiger partial charge on any atom is 0.416 e. The molecule has 0 saturated carbocycles. The van der Waals surface area contributed by atoms with E-state index in [9.17, 15) is 18.0 Å². The summed E-state index contributed by atoms with van der Waals surface area (Å²) in [4.78, 5) is 11.0. The van der Waals surface area contributed by atoms with Crippen LogP contribution in [0.1, 0.15) is 17.5 Å². The minimum atomic E-state index is -4.33. The zero-order valence-electron chi connectivity index (χ0n) is 9.85. The van der Waals surface area contributed by atoms with Gasteiger partial charge in [0.25, 0.3) is 0 Å². The lowest BCUT2D eigenvalue weighted by molar-refractivity contribution is -0.141. The molecule has 1 aromatic rings. The molecule has 1 heterocycles. The topological polar surface area (TPSA) is 26.3 Å². The molecule has 0 fully saturated rings. The first kappa shape index (κ1) is 13.4. The van der Waals surface area contributed by atoms with Gasteiger partial charge in [0.1, 0.15) is 6.10 Å². The minimum Gasteiger partial charge on any atom is -0.455 e. The van der Waals surface area contributed by atoms with Gasteiger partial charge in [0.15, 0.2) is 0 Å². The first-order valence-electron chi connectivity index (χ1n) is 5.68. The Labute approximate surface area is 108 Å². The largest absolute Gasteiger partial charge is 0.455 e. The van der Waals surface area contributed by atoms with Crippen molar-refractivity contribution in [2.75, 3.05) is 0 Å². The van der Waals surface area contributed by atoms with Gasteiger partial charge in [-0.25, -0.2) is 4.79 Å². The van der Waals surface area contributed by atoms with Crippen LogP contribution in [0.5, 0.6) is 0 Å². The molecule has 1 aliphatic heterocycles. The molecule has 5 heteroatoms. The number of alkyl halides is 3. The van der Waals surface area contributed by atoms with Gasteiger partial charge in [-0.15, -0.1) is 0 Å². The van der Waals surface area contributed by atoms with Gasteiger partial charge in [0, 0.05) is 12.5 Å². The molecule has 1 aliphatic rings. The van der Waals surface area contributed by atoms with Crippen molar-refractivity contribution in [3.05, 3.63) is 53.6 Å². The van der Waals surface area contributed by atoms with Crippen molar-refractivity contribution in [1.82, 2.24) is 0 Å². The van der Waals surface area contributed by atoms with Crippen LogP contribution in [0.25, 0.3) is 6.08 Å². The summed E-state index contributed by atoms with van der Waals surface area (Å²) >= 11 is 0. The maximum absolute atomic E-state index is 12.4. The summed E-state index contributed by atoms with van der Waals surface area (Å²) < 4.78 is 42.1. The fraction of sp³-hybridized carbons (Fsp3) is 0.214. The van der Waals surface area contributed by atoms with Crippen LogP contribution in [0, 0.1) is 0 Å². The highest BCUT2D eigenvalue weighted by Gasteiger charge is 2.29. The number of rotatable bonds is 2. The minimum absolute atomic E-state index is 0.361. The van der Waals surface area contributed by atoms with E-state index in [1.807, 2.05) is 0 Å². The maximum atomic E-state index is 12.4. The molecular formula is C14H11F3O2. The van der Waals surface area contributed by atoms with Crippen molar-refractivity contribution in [2.45, 2.75) is 18.7 Å². The van der Waals surface area contributed by atoms with E-state index >= 15 is 0 Å². The molecule has 0 bridgehead atoms. The number of benzene rings is 1. The fourth-order valence-electron chi connectivity index (χ4n) is 1.65. The molecule has 19 heavy (non-hydrogen) atoms. The molecule has 0 aliphatic carbocycles. The van der Waals surface area contributed by atoms with Gasteiger partial charge < -0.3 is 4.74 Å². The van der Waals surface area contributed by atoms with Crippen molar-refractivity contribution in [3.8, 4) is 0 Å². The molecule has 1 atom stereocenters. The van der Waals surface area contributed by atoms with Crippen molar-refractivity contribution in [1.29, 1.82) is 0 Å². The number of hydrogen-bond donors (Lipinski definition) is 0. The van der Waals surface area contributed by atoms with Crippen LogP contribution < -0.4 is 0 Å². The molecule has 2 nitrogen and oxygen atoms in total. The molecule has 1 aromatic carbocycles. The number of ether oxygens (including phenoxy) is 1. The normalized spacial score (nSPS) is 19.7. The van der Waals surface area contributed by atoms with Gasteiger partial charge in [0.2, 0.25) is 0 Å². The average Bonchev–Trinajstić information content (AvgIpc) is 2.36. The third kappa shape index (κ3) is 3.71. The SMILES string of the molecule is O=C1C=CCC(/C=C/c2ccc(C(F)(F)F)cc2)O1. The standard InChI is InChI=1S/C14H11F3O2/c15-14(16,17)11-7-4-10(5-8-11)6-9-12-2-1-3-13(18)19-12/h1,3-9,12H,2H2/b9-6+. The van der Waals surface area contributed by atoms with E-state index in [1.165, 1.54) is 18.2 Å². The predicted molar refractivity (Wildman–Crippen MR) is 64.1 cm³/mol. The van der Waals surface area contributed by atoms with Gasteiger partial charge in [0.05, 0.1) is 5.56 Å². The van der Waals surface area contributed by atoms with Crippen molar-refractivity contribution in [3.63, 3.8) is 0 Å². The number of carbonyl (C=O) groups is 1. The van der Waals surface area contributed by atoms with Crippen LogP contribution in [0.2, 0.25) is 0 Å². The second-order valence-electron chi connectivity index (χ2n) is 4.09. The van der Waals surface area contributed by atoms with Gasteiger partial charge in [-0.1, -0.05) is 24.3 Å². The summed E-state index contributed by atoms with van der Waals surface area (Å²) in [5, 5.41) is 0. The van der Waals surface area contributed by atoms with Crippen molar-refractivity contribution in [2.24, 2.45) is 0 Å². The Hall–Kier alpha value is -2.04. The average molecular weight is 268 g/mol. The summed E-state index contributed by atoms with van der Waals surface area (Å²) in [5.41, 5.74) is -0.0599. The summed E-state index contributed by atoms with van der Waals surface area (Å²) in [5.74, 6) is -0.409. The van der Waals surface area contributed by atoms with E-state index < -0.39 is 17.7 Å². The van der Waals surface area contributed by atoms with E-state index in [2.05, 4.69) is 0 Å². The van der Waals surface area contributed by atoms with Crippen LogP contribution in [-0.2, 0) is 15.7 Å². The fourth-order valence-corrected chi connectivity index (χ4v) is 1.65. The molecule has 1 unspecified atom stereocenters. The molecule has 0 radical (unpaired) electrons. The number of hydrogen-bond acceptors (Lipinski definition) is 2. The Morgan fingerprint density at radius 1 is 1.21 bits per heavy atom. The second kappa shape index (κ2) is 5.30. The lowest BCUT2D eigenvalue weighted by Gasteiger charge is -2.14. The van der Waals surface area contributed by atoms with Crippen LogP contribution >= 0.6 is 0 Å². The molecule has 100 valence electrons. The Morgan fingerprint density at radius 3 is 2.47 bits per heavy atom. The molecule has 0 spiro atoms. The summed E-state index contributed by atoms with van der Waals surface area (Å²) in [6.45, 7) is 0. The Bertz CT molecular complexity index is 512. The number of halogens is 3. The monoisotopic (exact) mass is 268 g/mol. The van der Waals surface area contributed by atoms with E-state index in [1.54, 1.807) is 18.2 Å². The lowest BCUT2D eigenvalue weighted by Crippen LogP contribution is -2.17. The highest BCUT2D eigenvalue weighted by Crippen LogP contribution is 2.29. The van der Waals surface area contributed by atoms with Crippen LogP contribution in [0.15, 0.2) is 42.5 Å². The van der Waals surface area contributed by atoms with Gasteiger partial charge in [-0.3, -0.25) is 0 Å². The predicted octanol–water partition coefficient (Wildman–Crippen LogP) is 3.59. The number of cyclic esters (lactones) is 1.